The third-order valence-corrected chi connectivity index (χ3v) is 5.84. The Balaban J connectivity index is 2.03. The first-order chi connectivity index (χ1) is 18.4. The standard InChI is InChI=1S/C26H28F3N5O5/c1-15(30)25(38)39-14-34-19-10-6-5-9-18(19)21(16-7-3-2-4-8-16)32-22(24(34)37)33-23(36)17(13-20(31)35)11-12-26(27,28)29/h2-10,15,17,22H,11-14,30H2,1H3,(H2,31,35)(H,33,36)/t15-,17+,22+/m0/s1. The number of aliphatic imine (C=N–C) groups is 1. The van der Waals surface area contributed by atoms with Crippen LogP contribution in [0.25, 0.3) is 0 Å². The molecule has 0 unspecified atom stereocenters. The number of nitrogens with zero attached hydrogens (tertiary/aromatic N) is 2. The van der Waals surface area contributed by atoms with Gasteiger partial charge in [0.15, 0.2) is 6.73 Å². The summed E-state index contributed by atoms with van der Waals surface area (Å²) in [5, 5.41) is 2.37. The van der Waals surface area contributed by atoms with Crippen LogP contribution in [0.5, 0.6) is 0 Å². The van der Waals surface area contributed by atoms with E-state index in [1.165, 1.54) is 6.92 Å². The second-order valence-electron chi connectivity index (χ2n) is 8.94. The number of hydrogen-bond acceptors (Lipinski definition) is 7. The van der Waals surface area contributed by atoms with Crippen LogP contribution < -0.4 is 21.7 Å². The van der Waals surface area contributed by atoms with Gasteiger partial charge in [-0.2, -0.15) is 13.2 Å². The fraction of sp³-hybridized carbons (Fsp3) is 0.346. The third kappa shape index (κ3) is 7.87. The average Bonchev–Trinajstić information content (AvgIpc) is 2.99. The number of para-hydroxylation sites is 1. The zero-order valence-corrected chi connectivity index (χ0v) is 21.0. The molecular formula is C26H28F3N5O5. The smallest absolute Gasteiger partial charge is 0.389 e. The predicted molar refractivity (Wildman–Crippen MR) is 135 cm³/mol. The lowest BCUT2D eigenvalue weighted by molar-refractivity contribution is -0.146. The van der Waals surface area contributed by atoms with Gasteiger partial charge in [-0.3, -0.25) is 24.1 Å². The molecule has 208 valence electrons. The molecule has 1 aliphatic heterocycles. The van der Waals surface area contributed by atoms with Crippen LogP contribution >= 0.6 is 0 Å². The highest BCUT2D eigenvalue weighted by atomic mass is 19.4. The molecule has 3 atom stereocenters. The van der Waals surface area contributed by atoms with Gasteiger partial charge in [0, 0.05) is 29.9 Å². The predicted octanol–water partition coefficient (Wildman–Crippen LogP) is 1.99. The van der Waals surface area contributed by atoms with Crippen LogP contribution in [0.3, 0.4) is 0 Å². The lowest BCUT2D eigenvalue weighted by Crippen LogP contribution is -2.50. The molecule has 39 heavy (non-hydrogen) atoms. The molecule has 1 heterocycles. The van der Waals surface area contributed by atoms with Gasteiger partial charge in [0.05, 0.1) is 11.4 Å². The summed E-state index contributed by atoms with van der Waals surface area (Å²) in [6.45, 7) is 0.832. The van der Waals surface area contributed by atoms with E-state index in [4.69, 9.17) is 16.2 Å². The van der Waals surface area contributed by atoms with Crippen molar-refractivity contribution in [1.82, 2.24) is 5.32 Å². The molecule has 3 rings (SSSR count). The zero-order valence-electron chi connectivity index (χ0n) is 21.0. The van der Waals surface area contributed by atoms with E-state index >= 15 is 0 Å². The van der Waals surface area contributed by atoms with Gasteiger partial charge in [0.1, 0.15) is 6.04 Å². The van der Waals surface area contributed by atoms with E-state index in [1.54, 1.807) is 54.6 Å². The van der Waals surface area contributed by atoms with Crippen LogP contribution in [0.15, 0.2) is 59.6 Å². The van der Waals surface area contributed by atoms with Gasteiger partial charge in [-0.1, -0.05) is 48.5 Å². The van der Waals surface area contributed by atoms with Crippen molar-refractivity contribution in [3.63, 3.8) is 0 Å². The largest absolute Gasteiger partial charge is 0.443 e. The zero-order chi connectivity index (χ0) is 28.7. The summed E-state index contributed by atoms with van der Waals surface area (Å²) < 4.78 is 43.8. The van der Waals surface area contributed by atoms with E-state index in [0.29, 0.717) is 22.5 Å². The second-order valence-corrected chi connectivity index (χ2v) is 8.94. The fourth-order valence-corrected chi connectivity index (χ4v) is 3.90. The number of carbonyl (C=O) groups excluding carboxylic acids is 4. The second kappa shape index (κ2) is 12.5. The quantitative estimate of drug-likeness (QED) is 0.386. The maximum Gasteiger partial charge on any atom is 0.389 e. The molecule has 13 heteroatoms. The number of fused-ring (bicyclic) bond motifs is 1. The molecule has 0 aromatic heterocycles. The normalized spacial score (nSPS) is 16.8. The van der Waals surface area contributed by atoms with E-state index in [-0.39, 0.29) is 0 Å². The lowest BCUT2D eigenvalue weighted by atomic mass is 9.97. The number of nitrogens with two attached hydrogens (primary N) is 2. The van der Waals surface area contributed by atoms with Crippen LogP contribution in [0.4, 0.5) is 18.9 Å². The summed E-state index contributed by atoms with van der Waals surface area (Å²) in [6, 6.07) is 14.3. The summed E-state index contributed by atoms with van der Waals surface area (Å²) >= 11 is 0. The number of amides is 3. The minimum absolute atomic E-state index is 0.299. The number of carbonyl (C=O) groups is 4. The molecule has 0 fully saturated rings. The fourth-order valence-electron chi connectivity index (χ4n) is 3.90. The SMILES string of the molecule is C[C@H](N)C(=O)OCN1C(=O)[C@@H](NC(=O)[C@H](CCC(F)(F)F)CC(N)=O)N=C(c2ccccc2)c2ccccc21. The highest BCUT2D eigenvalue weighted by Gasteiger charge is 2.36. The molecule has 0 aliphatic carbocycles. The first kappa shape index (κ1) is 29.3. The first-order valence-electron chi connectivity index (χ1n) is 12.0. The molecule has 0 spiro atoms. The molecular weight excluding hydrogens is 519 g/mol. The highest BCUT2D eigenvalue weighted by molar-refractivity contribution is 6.20. The Hall–Kier alpha value is -4.26. The third-order valence-electron chi connectivity index (χ3n) is 5.84. The van der Waals surface area contributed by atoms with Gasteiger partial charge < -0.3 is 21.5 Å². The molecule has 2 aromatic rings. The Bertz CT molecular complexity index is 1250. The molecule has 10 nitrogen and oxygen atoms in total. The maximum atomic E-state index is 13.7. The number of halogens is 3. The summed E-state index contributed by atoms with van der Waals surface area (Å²) in [5.41, 5.74) is 12.4. The van der Waals surface area contributed by atoms with E-state index in [0.717, 1.165) is 4.90 Å². The number of ether oxygens (including phenoxy) is 1. The summed E-state index contributed by atoms with van der Waals surface area (Å²) in [6.07, 6.45) is -8.91. The number of hydrogen-bond donors (Lipinski definition) is 3. The van der Waals surface area contributed by atoms with Crippen LogP contribution in [-0.2, 0) is 23.9 Å². The van der Waals surface area contributed by atoms with Gasteiger partial charge in [-0.05, 0) is 19.4 Å². The summed E-state index contributed by atoms with van der Waals surface area (Å²) in [4.78, 5) is 55.9. The van der Waals surface area contributed by atoms with Gasteiger partial charge >= 0.3 is 12.1 Å². The average molecular weight is 548 g/mol. The molecule has 3 amide bonds. The Morgan fingerprint density at radius 1 is 1.10 bits per heavy atom. The number of benzene rings is 2. The molecule has 0 saturated heterocycles. The number of anilines is 1. The number of primary amides is 1. The van der Waals surface area contributed by atoms with Gasteiger partial charge in [-0.25, -0.2) is 4.99 Å². The number of rotatable bonds is 10. The van der Waals surface area contributed by atoms with Crippen LogP contribution in [0, 0.1) is 5.92 Å². The summed E-state index contributed by atoms with van der Waals surface area (Å²) in [7, 11) is 0. The molecule has 0 bridgehead atoms. The Labute approximate surface area is 222 Å². The number of esters is 1. The minimum Gasteiger partial charge on any atom is -0.443 e. The van der Waals surface area contributed by atoms with Crippen molar-refractivity contribution in [2.45, 2.75) is 44.6 Å². The van der Waals surface area contributed by atoms with Crippen molar-refractivity contribution in [2.75, 3.05) is 11.6 Å². The van der Waals surface area contributed by atoms with Crippen molar-refractivity contribution in [3.8, 4) is 0 Å². The Kier molecular flexibility index (Phi) is 9.41. The van der Waals surface area contributed by atoms with E-state index < -0.39 is 74.0 Å². The number of nitrogens with one attached hydrogen (secondary N) is 1. The number of benzodiazepines with no additional fused rings is 1. The molecule has 0 saturated carbocycles. The first-order valence-corrected chi connectivity index (χ1v) is 12.0. The Morgan fingerprint density at radius 3 is 2.36 bits per heavy atom. The van der Waals surface area contributed by atoms with Crippen LogP contribution in [0.2, 0.25) is 0 Å². The number of alkyl halides is 3. The minimum atomic E-state index is -4.57. The molecule has 1 aliphatic rings. The van der Waals surface area contributed by atoms with E-state index in [2.05, 4.69) is 10.3 Å². The van der Waals surface area contributed by atoms with Crippen molar-refractivity contribution >= 4 is 35.1 Å². The van der Waals surface area contributed by atoms with Gasteiger partial charge in [0.25, 0.3) is 5.91 Å². The Morgan fingerprint density at radius 2 is 1.74 bits per heavy atom. The van der Waals surface area contributed by atoms with Crippen LogP contribution in [-0.4, -0.2) is 54.5 Å². The van der Waals surface area contributed by atoms with E-state index in [1.807, 2.05) is 0 Å². The van der Waals surface area contributed by atoms with Crippen molar-refractivity contribution in [2.24, 2.45) is 22.4 Å². The van der Waals surface area contributed by atoms with Crippen LogP contribution in [0.1, 0.15) is 37.3 Å². The monoisotopic (exact) mass is 547 g/mol. The molecule has 2 aromatic carbocycles. The molecule has 5 N–H and O–H groups in total. The van der Waals surface area contributed by atoms with Gasteiger partial charge in [0.2, 0.25) is 18.0 Å². The van der Waals surface area contributed by atoms with Gasteiger partial charge in [-0.15, -0.1) is 0 Å². The maximum absolute atomic E-state index is 13.7. The summed E-state index contributed by atoms with van der Waals surface area (Å²) in [5.74, 6) is -5.06. The molecule has 0 radical (unpaired) electrons. The highest BCUT2D eigenvalue weighted by Crippen LogP contribution is 2.29. The lowest BCUT2D eigenvalue weighted by Gasteiger charge is -2.26. The van der Waals surface area contributed by atoms with Crippen molar-refractivity contribution < 1.29 is 37.1 Å². The van der Waals surface area contributed by atoms with E-state index in [9.17, 15) is 32.3 Å². The van der Waals surface area contributed by atoms with Crippen molar-refractivity contribution in [1.29, 1.82) is 0 Å². The van der Waals surface area contributed by atoms with Crippen molar-refractivity contribution in [3.05, 3.63) is 65.7 Å². The topological polar surface area (TPSA) is 157 Å².